The molecule has 0 fully saturated rings. The van der Waals surface area contributed by atoms with Crippen molar-refractivity contribution in [3.63, 3.8) is 0 Å². The lowest BCUT2D eigenvalue weighted by molar-refractivity contribution is 0.466. The number of thiazole rings is 1. The van der Waals surface area contributed by atoms with Gasteiger partial charge < -0.3 is 9.88 Å². The van der Waals surface area contributed by atoms with Crippen molar-refractivity contribution in [1.82, 2.24) is 19.7 Å². The molecule has 21 heavy (non-hydrogen) atoms. The largest absolute Gasteiger partial charge is 0.357 e. The molecular weight excluding hydrogens is 282 g/mol. The molecule has 0 saturated carbocycles. The van der Waals surface area contributed by atoms with E-state index in [1.807, 2.05) is 6.07 Å². The van der Waals surface area contributed by atoms with Crippen molar-refractivity contribution in [1.29, 1.82) is 0 Å². The number of aryl methyl sites for hydroxylation is 2. The molecule has 3 heterocycles. The number of nitrogens with zero attached hydrogens (tertiary/aromatic N) is 4. The molecule has 1 N–H and O–H groups in total. The minimum absolute atomic E-state index is 0.402. The van der Waals surface area contributed by atoms with Crippen molar-refractivity contribution in [2.24, 2.45) is 0 Å². The summed E-state index contributed by atoms with van der Waals surface area (Å²) in [5, 5.41) is 13.1. The summed E-state index contributed by atoms with van der Waals surface area (Å²) in [4.78, 5) is 4.66. The molecule has 2 aromatic heterocycles. The molecule has 0 radical (unpaired) electrons. The molecule has 1 aromatic carbocycles. The van der Waals surface area contributed by atoms with Gasteiger partial charge in [-0.1, -0.05) is 30.4 Å². The van der Waals surface area contributed by atoms with Gasteiger partial charge >= 0.3 is 0 Å². The fraction of sp³-hybridized carbons (Fsp3) is 0.400. The molecule has 5 nitrogen and oxygen atoms in total. The van der Waals surface area contributed by atoms with Crippen molar-refractivity contribution < 1.29 is 0 Å². The van der Waals surface area contributed by atoms with Gasteiger partial charge in [-0.05, 0) is 18.6 Å². The van der Waals surface area contributed by atoms with Crippen molar-refractivity contribution in [2.45, 2.75) is 38.8 Å². The number of anilines is 1. The molecule has 0 unspecified atom stereocenters. The minimum Gasteiger partial charge on any atom is -0.357 e. The Morgan fingerprint density at radius 2 is 2.24 bits per heavy atom. The highest BCUT2D eigenvalue weighted by Crippen LogP contribution is 2.27. The molecule has 3 aromatic rings. The van der Waals surface area contributed by atoms with Gasteiger partial charge in [0.1, 0.15) is 11.6 Å². The Labute approximate surface area is 127 Å². The highest BCUT2D eigenvalue weighted by molar-refractivity contribution is 7.22. The Bertz CT molecular complexity index is 729. The lowest BCUT2D eigenvalue weighted by Crippen LogP contribution is -2.32. The van der Waals surface area contributed by atoms with Crippen LogP contribution in [0.3, 0.4) is 0 Å². The fourth-order valence-electron chi connectivity index (χ4n) is 2.87. The zero-order valence-electron chi connectivity index (χ0n) is 11.9. The normalized spacial score (nSPS) is 17.9. The van der Waals surface area contributed by atoms with E-state index in [0.29, 0.717) is 6.04 Å². The van der Waals surface area contributed by atoms with Crippen LogP contribution in [0.4, 0.5) is 5.13 Å². The third-order valence-corrected chi connectivity index (χ3v) is 4.93. The van der Waals surface area contributed by atoms with E-state index < -0.39 is 0 Å². The van der Waals surface area contributed by atoms with Gasteiger partial charge in [-0.25, -0.2) is 4.98 Å². The molecule has 1 aliphatic rings. The Balaban J connectivity index is 1.55. The molecule has 0 saturated heterocycles. The molecule has 0 bridgehead atoms. The summed E-state index contributed by atoms with van der Waals surface area (Å²) in [7, 11) is 0. The molecular formula is C15H17N5S. The summed E-state index contributed by atoms with van der Waals surface area (Å²) in [6.07, 6.45) is 2.99. The summed E-state index contributed by atoms with van der Waals surface area (Å²) >= 11 is 1.72. The summed E-state index contributed by atoms with van der Waals surface area (Å²) in [5.41, 5.74) is 1.07. The fourth-order valence-corrected chi connectivity index (χ4v) is 3.81. The van der Waals surface area contributed by atoms with E-state index >= 15 is 0 Å². The third kappa shape index (κ3) is 2.29. The SMILES string of the molecule is CCc1nnc2n1C[C@H](Nc1nc3ccccc3s1)CC2. The van der Waals surface area contributed by atoms with Gasteiger partial charge in [0.05, 0.1) is 10.2 Å². The van der Waals surface area contributed by atoms with E-state index in [9.17, 15) is 0 Å². The zero-order chi connectivity index (χ0) is 14.2. The number of para-hydroxylation sites is 1. The molecule has 1 aliphatic heterocycles. The highest BCUT2D eigenvalue weighted by Gasteiger charge is 2.22. The Morgan fingerprint density at radius 1 is 1.33 bits per heavy atom. The van der Waals surface area contributed by atoms with Gasteiger partial charge in [0.25, 0.3) is 0 Å². The van der Waals surface area contributed by atoms with Crippen molar-refractivity contribution in [3.8, 4) is 0 Å². The molecule has 0 spiro atoms. The van der Waals surface area contributed by atoms with Gasteiger partial charge in [-0.15, -0.1) is 10.2 Å². The molecule has 4 rings (SSSR count). The number of rotatable bonds is 3. The maximum absolute atomic E-state index is 4.66. The standard InChI is InChI=1S/C15H17N5S/c1-2-13-18-19-14-8-7-10(9-20(13)14)16-15-17-11-5-3-4-6-12(11)21-15/h3-6,10H,2,7-9H2,1H3,(H,16,17)/t10-/m1/s1. The molecule has 6 heteroatoms. The van der Waals surface area contributed by atoms with Crippen LogP contribution in [-0.2, 0) is 19.4 Å². The van der Waals surface area contributed by atoms with E-state index in [-0.39, 0.29) is 0 Å². The number of aromatic nitrogens is 4. The van der Waals surface area contributed by atoms with E-state index in [1.54, 1.807) is 11.3 Å². The van der Waals surface area contributed by atoms with Gasteiger partial charge in [0.15, 0.2) is 5.13 Å². The van der Waals surface area contributed by atoms with Crippen LogP contribution >= 0.6 is 11.3 Å². The molecule has 108 valence electrons. The predicted molar refractivity (Wildman–Crippen MR) is 84.8 cm³/mol. The lowest BCUT2D eigenvalue weighted by atomic mass is 10.1. The van der Waals surface area contributed by atoms with Crippen molar-refractivity contribution in [2.75, 3.05) is 5.32 Å². The third-order valence-electron chi connectivity index (χ3n) is 3.96. The summed E-state index contributed by atoms with van der Waals surface area (Å²) in [5.74, 6) is 2.20. The van der Waals surface area contributed by atoms with Gasteiger partial charge in [-0.3, -0.25) is 0 Å². The number of hydrogen-bond acceptors (Lipinski definition) is 5. The van der Waals surface area contributed by atoms with Crippen LogP contribution in [0.5, 0.6) is 0 Å². The number of nitrogens with one attached hydrogen (secondary N) is 1. The first-order chi connectivity index (χ1) is 10.3. The van der Waals surface area contributed by atoms with Crippen molar-refractivity contribution >= 4 is 26.7 Å². The Kier molecular flexibility index (Phi) is 3.11. The maximum Gasteiger partial charge on any atom is 0.184 e. The Hall–Kier alpha value is -1.95. The second-order valence-electron chi connectivity index (χ2n) is 5.36. The average Bonchev–Trinajstić information content (AvgIpc) is 3.09. The van der Waals surface area contributed by atoms with Crippen LogP contribution in [0.2, 0.25) is 0 Å². The van der Waals surface area contributed by atoms with Gasteiger partial charge in [-0.2, -0.15) is 0 Å². The van der Waals surface area contributed by atoms with Crippen LogP contribution in [0.15, 0.2) is 24.3 Å². The van der Waals surface area contributed by atoms with Crippen LogP contribution in [0, 0.1) is 0 Å². The van der Waals surface area contributed by atoms with Gasteiger partial charge in [0.2, 0.25) is 0 Å². The number of benzene rings is 1. The quantitative estimate of drug-likeness (QED) is 0.808. The molecule has 0 amide bonds. The van der Waals surface area contributed by atoms with E-state index in [2.05, 4.69) is 50.2 Å². The topological polar surface area (TPSA) is 55.6 Å². The summed E-state index contributed by atoms with van der Waals surface area (Å²) in [6.45, 7) is 3.06. The lowest BCUT2D eigenvalue weighted by Gasteiger charge is -2.24. The zero-order valence-corrected chi connectivity index (χ0v) is 12.7. The molecule has 0 aliphatic carbocycles. The highest BCUT2D eigenvalue weighted by atomic mass is 32.1. The molecule has 1 atom stereocenters. The maximum atomic E-state index is 4.66. The van der Waals surface area contributed by atoms with Crippen LogP contribution < -0.4 is 5.32 Å². The average molecular weight is 299 g/mol. The first-order valence-electron chi connectivity index (χ1n) is 7.36. The van der Waals surface area contributed by atoms with Gasteiger partial charge in [0, 0.05) is 25.4 Å². The summed E-state index contributed by atoms with van der Waals surface area (Å²) < 4.78 is 3.49. The van der Waals surface area contributed by atoms with Crippen molar-refractivity contribution in [3.05, 3.63) is 35.9 Å². The van der Waals surface area contributed by atoms with E-state index in [0.717, 1.165) is 48.1 Å². The first kappa shape index (κ1) is 12.8. The Morgan fingerprint density at radius 3 is 3.10 bits per heavy atom. The smallest absolute Gasteiger partial charge is 0.184 e. The summed E-state index contributed by atoms with van der Waals surface area (Å²) in [6, 6.07) is 8.67. The monoisotopic (exact) mass is 299 g/mol. The second kappa shape index (κ2) is 5.11. The van der Waals surface area contributed by atoms with Crippen LogP contribution in [-0.4, -0.2) is 25.8 Å². The minimum atomic E-state index is 0.402. The van der Waals surface area contributed by atoms with E-state index in [1.165, 1.54) is 4.70 Å². The van der Waals surface area contributed by atoms with E-state index in [4.69, 9.17) is 0 Å². The number of hydrogen-bond donors (Lipinski definition) is 1. The van der Waals surface area contributed by atoms with Crippen LogP contribution in [0.25, 0.3) is 10.2 Å². The number of fused-ring (bicyclic) bond motifs is 2. The predicted octanol–water partition coefficient (Wildman–Crippen LogP) is 2.88. The first-order valence-corrected chi connectivity index (χ1v) is 8.18. The second-order valence-corrected chi connectivity index (χ2v) is 6.39. The van der Waals surface area contributed by atoms with Crippen LogP contribution in [0.1, 0.15) is 25.0 Å².